The van der Waals surface area contributed by atoms with Crippen molar-refractivity contribution in [3.63, 3.8) is 0 Å². The molecule has 6 heteroatoms. The van der Waals surface area contributed by atoms with E-state index in [2.05, 4.69) is 15.6 Å². The van der Waals surface area contributed by atoms with Crippen LogP contribution in [0.2, 0.25) is 5.02 Å². The second kappa shape index (κ2) is 5.97. The fourth-order valence-corrected chi connectivity index (χ4v) is 1.12. The predicted octanol–water partition coefficient (Wildman–Crippen LogP) is 1.35. The molecule has 0 spiro atoms. The number of benzene rings is 1. The molecule has 1 aromatic rings. The Labute approximate surface area is 97.7 Å². The molecule has 2 N–H and O–H groups in total. The minimum Gasteiger partial charge on any atom is -0.459 e. The Morgan fingerprint density at radius 3 is 2.69 bits per heavy atom. The van der Waals surface area contributed by atoms with Crippen LogP contribution in [0.15, 0.2) is 24.3 Å². The summed E-state index contributed by atoms with van der Waals surface area (Å²) in [6.07, 6.45) is 0. The van der Waals surface area contributed by atoms with Crippen LogP contribution < -0.4 is 10.9 Å². The molecule has 0 atom stereocenters. The topological polar surface area (TPSA) is 67.4 Å². The molecular formula is C10H11ClN2O3. The standard InChI is InChI=1S/C10H11ClN2O3/c1-2-16-10(15)9(14)13-12-8-6-4-3-5-7(8)11/h3-6,12H,2H2,1H3,(H,13,14). The molecule has 0 radical (unpaired) electrons. The van der Waals surface area contributed by atoms with Gasteiger partial charge in [0.2, 0.25) is 0 Å². The first-order valence-electron chi connectivity index (χ1n) is 4.62. The summed E-state index contributed by atoms with van der Waals surface area (Å²) in [6.45, 7) is 1.77. The number of para-hydroxylation sites is 1. The number of hydrazine groups is 1. The van der Waals surface area contributed by atoms with Gasteiger partial charge < -0.3 is 4.74 Å². The third-order valence-electron chi connectivity index (χ3n) is 1.65. The summed E-state index contributed by atoms with van der Waals surface area (Å²) < 4.78 is 4.50. The molecule has 0 unspecified atom stereocenters. The molecule has 0 bridgehead atoms. The van der Waals surface area contributed by atoms with Crippen molar-refractivity contribution >= 4 is 29.2 Å². The van der Waals surface area contributed by atoms with Gasteiger partial charge in [0.1, 0.15) is 0 Å². The molecule has 0 aliphatic rings. The van der Waals surface area contributed by atoms with E-state index < -0.39 is 11.9 Å². The van der Waals surface area contributed by atoms with Gasteiger partial charge in [-0.15, -0.1) is 0 Å². The molecule has 1 aromatic carbocycles. The Balaban J connectivity index is 2.49. The summed E-state index contributed by atoms with van der Waals surface area (Å²) in [6, 6.07) is 6.81. The molecule has 1 rings (SSSR count). The molecular weight excluding hydrogens is 232 g/mol. The van der Waals surface area contributed by atoms with Crippen LogP contribution in [0.4, 0.5) is 5.69 Å². The van der Waals surface area contributed by atoms with Crippen molar-refractivity contribution in [2.75, 3.05) is 12.0 Å². The zero-order chi connectivity index (χ0) is 12.0. The number of carbonyl (C=O) groups excluding carboxylic acids is 2. The molecule has 0 saturated heterocycles. The summed E-state index contributed by atoms with van der Waals surface area (Å²) in [5.41, 5.74) is 5.20. The average molecular weight is 243 g/mol. The van der Waals surface area contributed by atoms with Gasteiger partial charge >= 0.3 is 11.9 Å². The van der Waals surface area contributed by atoms with Crippen LogP contribution in [0.5, 0.6) is 0 Å². The van der Waals surface area contributed by atoms with Gasteiger partial charge in [-0.05, 0) is 19.1 Å². The van der Waals surface area contributed by atoms with Gasteiger partial charge in [0.15, 0.2) is 0 Å². The number of ether oxygens (including phenoxy) is 1. The third-order valence-corrected chi connectivity index (χ3v) is 1.97. The highest BCUT2D eigenvalue weighted by Crippen LogP contribution is 2.19. The van der Waals surface area contributed by atoms with Crippen LogP contribution in [0.25, 0.3) is 0 Å². The second-order valence-electron chi connectivity index (χ2n) is 2.78. The van der Waals surface area contributed by atoms with E-state index in [1.54, 1.807) is 31.2 Å². The number of nitrogens with one attached hydrogen (secondary N) is 2. The van der Waals surface area contributed by atoms with Crippen LogP contribution in [0.1, 0.15) is 6.92 Å². The summed E-state index contributed by atoms with van der Waals surface area (Å²) >= 11 is 5.82. The van der Waals surface area contributed by atoms with Crippen LogP contribution in [0, 0.1) is 0 Å². The maximum atomic E-state index is 11.1. The first kappa shape index (κ1) is 12.3. The van der Waals surface area contributed by atoms with E-state index in [1.165, 1.54) is 0 Å². The van der Waals surface area contributed by atoms with Crippen LogP contribution in [-0.4, -0.2) is 18.5 Å². The number of hydrogen-bond acceptors (Lipinski definition) is 4. The number of halogens is 1. The van der Waals surface area contributed by atoms with Crippen molar-refractivity contribution in [2.45, 2.75) is 6.92 Å². The number of rotatable bonds is 3. The summed E-state index contributed by atoms with van der Waals surface area (Å²) in [4.78, 5) is 22.1. The predicted molar refractivity (Wildman–Crippen MR) is 59.9 cm³/mol. The van der Waals surface area contributed by atoms with E-state index in [0.717, 1.165) is 0 Å². The molecule has 0 aromatic heterocycles. The summed E-state index contributed by atoms with van der Waals surface area (Å²) in [5.74, 6) is -1.82. The van der Waals surface area contributed by atoms with E-state index in [1.807, 2.05) is 0 Å². The van der Waals surface area contributed by atoms with E-state index >= 15 is 0 Å². The molecule has 0 fully saturated rings. The Bertz CT molecular complexity index is 395. The molecule has 0 heterocycles. The lowest BCUT2D eigenvalue weighted by atomic mass is 10.3. The molecule has 0 aliphatic carbocycles. The number of amides is 1. The zero-order valence-corrected chi connectivity index (χ0v) is 9.38. The van der Waals surface area contributed by atoms with Gasteiger partial charge in [-0.2, -0.15) is 0 Å². The number of anilines is 1. The Kier molecular flexibility index (Phi) is 4.60. The lowest BCUT2D eigenvalue weighted by Crippen LogP contribution is -2.36. The minimum atomic E-state index is -0.943. The lowest BCUT2D eigenvalue weighted by molar-refractivity contribution is -0.154. The largest absolute Gasteiger partial charge is 0.459 e. The van der Waals surface area contributed by atoms with E-state index in [0.29, 0.717) is 10.7 Å². The number of carbonyl (C=O) groups is 2. The monoisotopic (exact) mass is 242 g/mol. The number of hydrogen-bond donors (Lipinski definition) is 2. The normalized spacial score (nSPS) is 9.38. The fourth-order valence-electron chi connectivity index (χ4n) is 0.934. The molecule has 0 aliphatic heterocycles. The van der Waals surface area contributed by atoms with Crippen LogP contribution in [-0.2, 0) is 14.3 Å². The first-order chi connectivity index (χ1) is 7.65. The van der Waals surface area contributed by atoms with Crippen molar-refractivity contribution in [1.82, 2.24) is 5.43 Å². The van der Waals surface area contributed by atoms with Gasteiger partial charge in [-0.1, -0.05) is 23.7 Å². The van der Waals surface area contributed by atoms with Crippen molar-refractivity contribution in [2.24, 2.45) is 0 Å². The Hall–Kier alpha value is -1.75. The van der Waals surface area contributed by atoms with E-state index in [4.69, 9.17) is 11.6 Å². The average Bonchev–Trinajstić information content (AvgIpc) is 2.28. The lowest BCUT2D eigenvalue weighted by Gasteiger charge is -2.08. The zero-order valence-electron chi connectivity index (χ0n) is 8.62. The highest BCUT2D eigenvalue weighted by molar-refractivity contribution is 6.34. The van der Waals surface area contributed by atoms with Gasteiger partial charge in [0.25, 0.3) is 0 Å². The van der Waals surface area contributed by atoms with Gasteiger partial charge in [0.05, 0.1) is 17.3 Å². The van der Waals surface area contributed by atoms with Gasteiger partial charge in [-0.25, -0.2) is 4.79 Å². The highest BCUT2D eigenvalue weighted by Gasteiger charge is 2.13. The van der Waals surface area contributed by atoms with Crippen molar-refractivity contribution in [1.29, 1.82) is 0 Å². The summed E-state index contributed by atoms with van der Waals surface area (Å²) in [7, 11) is 0. The SMILES string of the molecule is CCOC(=O)C(=O)NNc1ccccc1Cl. The van der Waals surface area contributed by atoms with Crippen molar-refractivity contribution in [3.8, 4) is 0 Å². The first-order valence-corrected chi connectivity index (χ1v) is 5.00. The summed E-state index contributed by atoms with van der Waals surface area (Å²) in [5, 5.41) is 0.437. The van der Waals surface area contributed by atoms with Crippen LogP contribution >= 0.6 is 11.6 Å². The quantitative estimate of drug-likeness (QED) is 0.477. The molecule has 1 amide bonds. The fraction of sp³-hybridized carbons (Fsp3) is 0.200. The molecule has 5 nitrogen and oxygen atoms in total. The highest BCUT2D eigenvalue weighted by atomic mass is 35.5. The second-order valence-corrected chi connectivity index (χ2v) is 3.19. The number of esters is 1. The Morgan fingerprint density at radius 1 is 1.38 bits per heavy atom. The van der Waals surface area contributed by atoms with Crippen molar-refractivity contribution < 1.29 is 14.3 Å². The minimum absolute atomic E-state index is 0.151. The smallest absolute Gasteiger partial charge is 0.398 e. The van der Waals surface area contributed by atoms with Gasteiger partial charge in [-0.3, -0.25) is 15.6 Å². The Morgan fingerprint density at radius 2 is 2.06 bits per heavy atom. The molecule has 86 valence electrons. The van der Waals surface area contributed by atoms with E-state index in [-0.39, 0.29) is 6.61 Å². The molecule has 16 heavy (non-hydrogen) atoms. The van der Waals surface area contributed by atoms with E-state index in [9.17, 15) is 9.59 Å². The van der Waals surface area contributed by atoms with Crippen molar-refractivity contribution in [3.05, 3.63) is 29.3 Å². The maximum Gasteiger partial charge on any atom is 0.398 e. The van der Waals surface area contributed by atoms with Crippen LogP contribution in [0.3, 0.4) is 0 Å². The molecule has 0 saturated carbocycles. The van der Waals surface area contributed by atoms with Gasteiger partial charge in [0, 0.05) is 0 Å². The maximum absolute atomic E-state index is 11.1. The third kappa shape index (κ3) is 3.43.